The van der Waals surface area contributed by atoms with Crippen LogP contribution in [0.15, 0.2) is 34.2 Å². The first kappa shape index (κ1) is 20.5. The number of hydrogen-bond donors (Lipinski definition) is 2. The normalized spacial score (nSPS) is 17.4. The van der Waals surface area contributed by atoms with E-state index in [4.69, 9.17) is 9.47 Å². The Bertz CT molecular complexity index is 582. The quantitative estimate of drug-likeness (QED) is 0.352. The van der Waals surface area contributed by atoms with Crippen LogP contribution in [0.4, 0.5) is 0 Å². The number of pyridine rings is 1. The van der Waals surface area contributed by atoms with E-state index >= 15 is 0 Å². The predicted molar refractivity (Wildman–Crippen MR) is 104 cm³/mol. The number of aromatic nitrogens is 1. The number of ether oxygens (including phenoxy) is 2. The Hall–Kier alpha value is -1.86. The zero-order chi connectivity index (χ0) is 18.5. The molecular weight excluding hydrogens is 332 g/mol. The van der Waals surface area contributed by atoms with E-state index in [1.54, 1.807) is 16.7 Å². The van der Waals surface area contributed by atoms with Gasteiger partial charge in [0.05, 0.1) is 12.7 Å². The van der Waals surface area contributed by atoms with Crippen molar-refractivity contribution in [2.45, 2.75) is 45.3 Å². The van der Waals surface area contributed by atoms with Crippen molar-refractivity contribution >= 4 is 5.96 Å². The lowest BCUT2D eigenvalue weighted by Crippen LogP contribution is -2.38. The van der Waals surface area contributed by atoms with Crippen molar-refractivity contribution in [3.05, 3.63) is 34.7 Å². The first-order chi connectivity index (χ1) is 12.8. The minimum atomic E-state index is 0.0572. The molecule has 1 atom stereocenters. The van der Waals surface area contributed by atoms with Crippen LogP contribution in [0.3, 0.4) is 0 Å². The summed E-state index contributed by atoms with van der Waals surface area (Å²) in [5.74, 6) is 0.841. The third-order valence-corrected chi connectivity index (χ3v) is 4.18. The first-order valence-corrected chi connectivity index (χ1v) is 9.66. The smallest absolute Gasteiger partial charge is 0.250 e. The van der Waals surface area contributed by atoms with Crippen LogP contribution in [0.2, 0.25) is 0 Å². The van der Waals surface area contributed by atoms with Gasteiger partial charge in [0, 0.05) is 51.7 Å². The Morgan fingerprint density at radius 3 is 3.04 bits per heavy atom. The predicted octanol–water partition coefficient (Wildman–Crippen LogP) is 1.38. The highest BCUT2D eigenvalue weighted by atomic mass is 16.5. The van der Waals surface area contributed by atoms with Crippen LogP contribution >= 0.6 is 0 Å². The van der Waals surface area contributed by atoms with E-state index in [2.05, 4.69) is 22.5 Å². The number of nitrogens with zero attached hydrogens (tertiary/aromatic N) is 2. The summed E-state index contributed by atoms with van der Waals surface area (Å²) < 4.78 is 12.8. The number of guanidine groups is 1. The van der Waals surface area contributed by atoms with Gasteiger partial charge >= 0.3 is 0 Å². The summed E-state index contributed by atoms with van der Waals surface area (Å²) in [5, 5.41) is 6.60. The molecule has 2 N–H and O–H groups in total. The summed E-state index contributed by atoms with van der Waals surface area (Å²) in [7, 11) is 0. The highest BCUT2D eigenvalue weighted by Gasteiger charge is 2.15. The molecule has 0 saturated carbocycles. The molecule has 1 saturated heterocycles. The van der Waals surface area contributed by atoms with Crippen molar-refractivity contribution in [1.29, 1.82) is 0 Å². The molecular formula is C19H32N4O3. The molecule has 7 nitrogen and oxygen atoms in total. The summed E-state index contributed by atoms with van der Waals surface area (Å²) in [5.41, 5.74) is 0.0572. The Kier molecular flexibility index (Phi) is 9.82. The van der Waals surface area contributed by atoms with E-state index in [0.717, 1.165) is 77.6 Å². The van der Waals surface area contributed by atoms with Crippen molar-refractivity contribution in [3.8, 4) is 0 Å². The molecule has 1 aromatic heterocycles. The van der Waals surface area contributed by atoms with E-state index in [-0.39, 0.29) is 11.7 Å². The molecule has 146 valence electrons. The Morgan fingerprint density at radius 2 is 2.27 bits per heavy atom. The number of hydrogen-bond acceptors (Lipinski definition) is 4. The number of aliphatic imine (C=N–C) groups is 1. The SMILES string of the molecule is CCNC(=NCCCOC1CCOC1)NCCCCn1ccccc1=O. The van der Waals surface area contributed by atoms with Gasteiger partial charge in [-0.3, -0.25) is 9.79 Å². The van der Waals surface area contributed by atoms with Gasteiger partial charge in [-0.15, -0.1) is 0 Å². The van der Waals surface area contributed by atoms with Gasteiger partial charge < -0.3 is 24.7 Å². The van der Waals surface area contributed by atoms with E-state index in [9.17, 15) is 4.79 Å². The minimum Gasteiger partial charge on any atom is -0.379 e. The lowest BCUT2D eigenvalue weighted by molar-refractivity contribution is 0.0424. The molecule has 0 radical (unpaired) electrons. The largest absolute Gasteiger partial charge is 0.379 e. The Labute approximate surface area is 155 Å². The van der Waals surface area contributed by atoms with Gasteiger partial charge in [0.1, 0.15) is 0 Å². The topological polar surface area (TPSA) is 76.9 Å². The fourth-order valence-electron chi connectivity index (χ4n) is 2.75. The molecule has 0 aliphatic carbocycles. The summed E-state index contributed by atoms with van der Waals surface area (Å²) in [6.45, 7) is 7.48. The lowest BCUT2D eigenvalue weighted by atomic mass is 10.3. The second kappa shape index (κ2) is 12.5. The molecule has 0 aromatic carbocycles. The monoisotopic (exact) mass is 364 g/mol. The second-order valence-corrected chi connectivity index (χ2v) is 6.34. The highest BCUT2D eigenvalue weighted by Crippen LogP contribution is 2.08. The molecule has 26 heavy (non-hydrogen) atoms. The van der Waals surface area contributed by atoms with Crippen molar-refractivity contribution in [2.75, 3.05) is 39.5 Å². The number of aryl methyl sites for hydroxylation is 1. The number of unbranched alkanes of at least 4 members (excludes halogenated alkanes) is 1. The van der Waals surface area contributed by atoms with Crippen molar-refractivity contribution in [1.82, 2.24) is 15.2 Å². The lowest BCUT2D eigenvalue weighted by Gasteiger charge is -2.12. The van der Waals surface area contributed by atoms with Crippen LogP contribution in [0.25, 0.3) is 0 Å². The molecule has 2 rings (SSSR count). The fraction of sp³-hybridized carbons (Fsp3) is 0.684. The highest BCUT2D eigenvalue weighted by molar-refractivity contribution is 5.79. The zero-order valence-electron chi connectivity index (χ0n) is 15.8. The Balaban J connectivity index is 1.57. The van der Waals surface area contributed by atoms with Crippen LogP contribution < -0.4 is 16.2 Å². The molecule has 0 spiro atoms. The van der Waals surface area contributed by atoms with Gasteiger partial charge in [0.25, 0.3) is 0 Å². The average molecular weight is 364 g/mol. The van der Waals surface area contributed by atoms with Gasteiger partial charge in [0.15, 0.2) is 5.96 Å². The molecule has 1 fully saturated rings. The van der Waals surface area contributed by atoms with Gasteiger partial charge in [-0.2, -0.15) is 0 Å². The van der Waals surface area contributed by atoms with Crippen LogP contribution in [0.1, 0.15) is 32.6 Å². The van der Waals surface area contributed by atoms with Gasteiger partial charge in [-0.1, -0.05) is 6.07 Å². The summed E-state index contributed by atoms with van der Waals surface area (Å²) in [6, 6.07) is 5.25. The summed E-state index contributed by atoms with van der Waals surface area (Å²) >= 11 is 0. The third kappa shape index (κ3) is 8.01. The molecule has 1 aliphatic rings. The zero-order valence-corrected chi connectivity index (χ0v) is 15.8. The maximum Gasteiger partial charge on any atom is 0.250 e. The maximum absolute atomic E-state index is 11.6. The van der Waals surface area contributed by atoms with Gasteiger partial charge in [0.2, 0.25) is 5.56 Å². The maximum atomic E-state index is 11.6. The van der Waals surface area contributed by atoms with Crippen molar-refractivity contribution in [2.24, 2.45) is 4.99 Å². The fourth-order valence-corrected chi connectivity index (χ4v) is 2.75. The van der Waals surface area contributed by atoms with Crippen LogP contribution in [0.5, 0.6) is 0 Å². The van der Waals surface area contributed by atoms with E-state index in [1.165, 1.54) is 0 Å². The van der Waals surface area contributed by atoms with Crippen molar-refractivity contribution < 1.29 is 9.47 Å². The standard InChI is InChI=1S/C19H32N4O3/c1-2-20-19(22-11-7-14-26-17-9-15-25-16-17)21-10-4-6-13-23-12-5-3-8-18(23)24/h3,5,8,12,17H,2,4,6-7,9-11,13-16H2,1H3,(H2,20,21,22). The molecule has 1 aliphatic heterocycles. The molecule has 0 bridgehead atoms. The molecule has 2 heterocycles. The van der Waals surface area contributed by atoms with E-state index in [0.29, 0.717) is 0 Å². The van der Waals surface area contributed by atoms with Crippen molar-refractivity contribution in [3.63, 3.8) is 0 Å². The Morgan fingerprint density at radius 1 is 1.35 bits per heavy atom. The average Bonchev–Trinajstić information content (AvgIpc) is 3.16. The van der Waals surface area contributed by atoms with Crippen LogP contribution in [-0.2, 0) is 16.0 Å². The second-order valence-electron chi connectivity index (χ2n) is 6.34. The van der Waals surface area contributed by atoms with E-state index in [1.807, 2.05) is 12.3 Å². The molecule has 1 aromatic rings. The summed E-state index contributed by atoms with van der Waals surface area (Å²) in [4.78, 5) is 16.2. The van der Waals surface area contributed by atoms with Gasteiger partial charge in [-0.25, -0.2) is 0 Å². The van der Waals surface area contributed by atoms with Crippen LogP contribution in [-0.4, -0.2) is 56.1 Å². The van der Waals surface area contributed by atoms with Crippen LogP contribution in [0, 0.1) is 0 Å². The molecule has 7 heteroatoms. The van der Waals surface area contributed by atoms with Gasteiger partial charge in [-0.05, 0) is 38.7 Å². The number of rotatable bonds is 11. The number of nitrogens with one attached hydrogen (secondary N) is 2. The molecule has 0 amide bonds. The van der Waals surface area contributed by atoms with E-state index < -0.39 is 0 Å². The third-order valence-electron chi connectivity index (χ3n) is 4.18. The molecule has 1 unspecified atom stereocenters. The summed E-state index contributed by atoms with van der Waals surface area (Å²) in [6.07, 6.45) is 5.94. The first-order valence-electron chi connectivity index (χ1n) is 9.66. The minimum absolute atomic E-state index is 0.0572.